The Kier molecular flexibility index (Phi) is 3.93. The van der Waals surface area contributed by atoms with Crippen LogP contribution < -0.4 is 5.32 Å². The molecular formula is C11H19N3O2. The molecule has 0 aromatic carbocycles. The molecule has 2 rings (SSSR count). The Balaban J connectivity index is 1.67. The molecule has 1 aliphatic heterocycles. The topological polar surface area (TPSA) is 50.5 Å². The lowest BCUT2D eigenvalue weighted by Crippen LogP contribution is -2.44. The third kappa shape index (κ3) is 3.30. The number of nitrogens with one attached hydrogen (secondary N) is 1. The van der Waals surface area contributed by atoms with Crippen LogP contribution in [0.2, 0.25) is 0 Å². The Bertz CT molecular complexity index is 327. The summed E-state index contributed by atoms with van der Waals surface area (Å²) in [5.41, 5.74) is 0.922. The van der Waals surface area contributed by atoms with Gasteiger partial charge >= 0.3 is 0 Å². The molecule has 2 heterocycles. The van der Waals surface area contributed by atoms with Gasteiger partial charge in [-0.15, -0.1) is 0 Å². The van der Waals surface area contributed by atoms with Crippen LogP contribution in [0.3, 0.4) is 0 Å². The summed E-state index contributed by atoms with van der Waals surface area (Å²) in [4.78, 5) is 2.29. The Hall–Kier alpha value is -0.910. The molecular weight excluding hydrogens is 206 g/mol. The summed E-state index contributed by atoms with van der Waals surface area (Å²) in [5, 5.41) is 7.16. The minimum atomic E-state index is 0.280. The molecule has 1 aliphatic rings. The fourth-order valence-electron chi connectivity index (χ4n) is 1.85. The number of hydrogen-bond donors (Lipinski definition) is 1. The summed E-state index contributed by atoms with van der Waals surface area (Å²) >= 11 is 0. The molecule has 0 saturated carbocycles. The van der Waals surface area contributed by atoms with Gasteiger partial charge in [0.05, 0.1) is 24.9 Å². The highest BCUT2D eigenvalue weighted by molar-refractivity contribution is 5.02. The van der Waals surface area contributed by atoms with E-state index in [1.54, 1.807) is 0 Å². The highest BCUT2D eigenvalue weighted by atomic mass is 16.5. The maximum atomic E-state index is 5.64. The molecule has 1 N–H and O–H groups in total. The van der Waals surface area contributed by atoms with Gasteiger partial charge in [0.2, 0.25) is 0 Å². The summed E-state index contributed by atoms with van der Waals surface area (Å²) in [6.07, 6.45) is 0.280. The van der Waals surface area contributed by atoms with E-state index in [0.717, 1.165) is 37.7 Å². The zero-order valence-electron chi connectivity index (χ0n) is 9.90. The number of rotatable bonds is 4. The summed E-state index contributed by atoms with van der Waals surface area (Å²) in [6.45, 7) is 6.32. The molecule has 5 nitrogen and oxygen atoms in total. The van der Waals surface area contributed by atoms with Crippen molar-refractivity contribution in [3.8, 4) is 0 Å². The van der Waals surface area contributed by atoms with Gasteiger partial charge < -0.3 is 19.5 Å². The normalized spacial score (nSPS) is 22.5. The van der Waals surface area contributed by atoms with Crippen LogP contribution in [0.4, 0.5) is 0 Å². The molecule has 0 bridgehead atoms. The van der Waals surface area contributed by atoms with Crippen LogP contribution in [0.25, 0.3) is 0 Å². The minimum absolute atomic E-state index is 0.280. The third-order valence-electron chi connectivity index (χ3n) is 2.69. The van der Waals surface area contributed by atoms with E-state index in [1.165, 1.54) is 0 Å². The van der Waals surface area contributed by atoms with E-state index in [2.05, 4.69) is 22.4 Å². The van der Waals surface area contributed by atoms with Gasteiger partial charge in [0.1, 0.15) is 0 Å². The first-order valence-corrected chi connectivity index (χ1v) is 5.67. The van der Waals surface area contributed by atoms with Gasteiger partial charge in [-0.25, -0.2) is 0 Å². The van der Waals surface area contributed by atoms with Crippen LogP contribution in [0, 0.1) is 6.92 Å². The Morgan fingerprint density at radius 1 is 1.62 bits per heavy atom. The zero-order valence-corrected chi connectivity index (χ0v) is 9.90. The molecule has 1 aromatic rings. The van der Waals surface area contributed by atoms with Crippen molar-refractivity contribution in [1.82, 2.24) is 15.4 Å². The average molecular weight is 225 g/mol. The second kappa shape index (κ2) is 5.43. The Morgan fingerprint density at radius 2 is 2.50 bits per heavy atom. The van der Waals surface area contributed by atoms with E-state index in [-0.39, 0.29) is 6.10 Å². The van der Waals surface area contributed by atoms with Crippen LogP contribution in [-0.4, -0.2) is 49.4 Å². The highest BCUT2D eigenvalue weighted by Crippen LogP contribution is 2.04. The van der Waals surface area contributed by atoms with Crippen LogP contribution in [0.15, 0.2) is 10.6 Å². The molecule has 1 aromatic heterocycles. The van der Waals surface area contributed by atoms with Gasteiger partial charge in [0.25, 0.3) is 0 Å². The van der Waals surface area contributed by atoms with Gasteiger partial charge in [-0.3, -0.25) is 0 Å². The summed E-state index contributed by atoms with van der Waals surface area (Å²) in [6, 6.07) is 1.95. The van der Waals surface area contributed by atoms with E-state index < -0.39 is 0 Å². The van der Waals surface area contributed by atoms with Crippen LogP contribution in [-0.2, 0) is 11.3 Å². The van der Waals surface area contributed by atoms with Crippen molar-refractivity contribution in [2.75, 3.05) is 33.3 Å². The van der Waals surface area contributed by atoms with Crippen molar-refractivity contribution in [1.29, 1.82) is 0 Å². The van der Waals surface area contributed by atoms with Crippen molar-refractivity contribution < 1.29 is 9.26 Å². The smallest absolute Gasteiger partial charge is 0.150 e. The van der Waals surface area contributed by atoms with Gasteiger partial charge in [-0.1, -0.05) is 5.16 Å². The first kappa shape index (κ1) is 11.6. The lowest BCUT2D eigenvalue weighted by molar-refractivity contribution is -0.0184. The van der Waals surface area contributed by atoms with Crippen molar-refractivity contribution >= 4 is 0 Å². The number of nitrogens with zero attached hydrogens (tertiary/aromatic N) is 2. The number of likely N-dealkylation sites (N-methyl/N-ethyl adjacent to an activating group) is 1. The second-order valence-electron chi connectivity index (χ2n) is 4.32. The molecule has 90 valence electrons. The molecule has 0 spiro atoms. The molecule has 0 unspecified atom stereocenters. The fraction of sp³-hybridized carbons (Fsp3) is 0.727. The molecule has 1 saturated heterocycles. The summed E-state index contributed by atoms with van der Waals surface area (Å²) in [7, 11) is 2.12. The van der Waals surface area contributed by atoms with E-state index in [0.29, 0.717) is 6.54 Å². The maximum Gasteiger partial charge on any atom is 0.150 e. The van der Waals surface area contributed by atoms with Gasteiger partial charge in [-0.05, 0) is 14.0 Å². The molecule has 0 aliphatic carbocycles. The van der Waals surface area contributed by atoms with E-state index >= 15 is 0 Å². The largest absolute Gasteiger partial charge is 0.374 e. The number of morpholine rings is 1. The van der Waals surface area contributed by atoms with Crippen molar-refractivity contribution in [3.63, 3.8) is 0 Å². The predicted molar refractivity (Wildman–Crippen MR) is 60.2 cm³/mol. The standard InChI is InChI=1S/C11H19N3O2/c1-9-5-10(16-13-9)6-12-7-11-8-14(2)3-4-15-11/h5,11-12H,3-4,6-8H2,1-2H3/t11-/m0/s1. The first-order chi connectivity index (χ1) is 7.74. The minimum Gasteiger partial charge on any atom is -0.374 e. The second-order valence-corrected chi connectivity index (χ2v) is 4.32. The number of ether oxygens (including phenoxy) is 1. The molecule has 0 amide bonds. The maximum absolute atomic E-state index is 5.64. The molecule has 16 heavy (non-hydrogen) atoms. The van der Waals surface area contributed by atoms with Gasteiger partial charge in [-0.2, -0.15) is 0 Å². The van der Waals surface area contributed by atoms with E-state index in [4.69, 9.17) is 9.26 Å². The molecule has 5 heteroatoms. The van der Waals surface area contributed by atoms with Crippen LogP contribution in [0.5, 0.6) is 0 Å². The highest BCUT2D eigenvalue weighted by Gasteiger charge is 2.17. The Labute approximate surface area is 95.7 Å². The number of aryl methyl sites for hydroxylation is 1. The van der Waals surface area contributed by atoms with E-state index in [9.17, 15) is 0 Å². The quantitative estimate of drug-likeness (QED) is 0.804. The third-order valence-corrected chi connectivity index (χ3v) is 2.69. The average Bonchev–Trinajstić information content (AvgIpc) is 2.64. The SMILES string of the molecule is Cc1cc(CNC[C@H]2CN(C)CCO2)on1. The number of hydrogen-bond acceptors (Lipinski definition) is 5. The van der Waals surface area contributed by atoms with Crippen molar-refractivity contribution in [2.24, 2.45) is 0 Å². The lowest BCUT2D eigenvalue weighted by atomic mass is 10.3. The van der Waals surface area contributed by atoms with Crippen LogP contribution in [0.1, 0.15) is 11.5 Å². The predicted octanol–water partition coefficient (Wildman–Crippen LogP) is 0.403. The van der Waals surface area contributed by atoms with E-state index in [1.807, 2.05) is 13.0 Å². The number of aromatic nitrogens is 1. The molecule has 1 atom stereocenters. The first-order valence-electron chi connectivity index (χ1n) is 5.67. The van der Waals surface area contributed by atoms with Crippen LogP contribution >= 0.6 is 0 Å². The van der Waals surface area contributed by atoms with Gasteiger partial charge in [0.15, 0.2) is 5.76 Å². The lowest BCUT2D eigenvalue weighted by Gasteiger charge is -2.30. The molecule has 1 fully saturated rings. The fourth-order valence-corrected chi connectivity index (χ4v) is 1.85. The summed E-state index contributed by atoms with van der Waals surface area (Å²) in [5.74, 6) is 0.877. The van der Waals surface area contributed by atoms with Crippen molar-refractivity contribution in [2.45, 2.75) is 19.6 Å². The van der Waals surface area contributed by atoms with Gasteiger partial charge in [0, 0.05) is 25.7 Å². The molecule has 0 radical (unpaired) electrons. The van der Waals surface area contributed by atoms with Crippen molar-refractivity contribution in [3.05, 3.63) is 17.5 Å². The monoisotopic (exact) mass is 225 g/mol. The Morgan fingerprint density at radius 3 is 3.19 bits per heavy atom. The summed E-state index contributed by atoms with van der Waals surface area (Å²) < 4.78 is 10.8. The zero-order chi connectivity index (χ0) is 11.4.